The monoisotopic (exact) mass is 728 g/mol. The number of carbonyl (C=O) groups excluding carboxylic acids is 1. The third-order valence-corrected chi connectivity index (χ3v) is 10.3. The van der Waals surface area contributed by atoms with Crippen molar-refractivity contribution in [2.24, 2.45) is 17.2 Å². The van der Waals surface area contributed by atoms with Crippen molar-refractivity contribution in [1.29, 1.82) is 5.26 Å². The van der Waals surface area contributed by atoms with Crippen LogP contribution in [0.15, 0.2) is 68.0 Å². The summed E-state index contributed by atoms with van der Waals surface area (Å²) in [7, 11) is 0. The van der Waals surface area contributed by atoms with Gasteiger partial charge in [0, 0.05) is 44.8 Å². The molecule has 6 N–H and O–H groups in total. The van der Waals surface area contributed by atoms with Crippen LogP contribution in [-0.2, 0) is 43.3 Å². The molecule has 2 atom stereocenters. The highest BCUT2D eigenvalue weighted by atomic mass is 79.9. The Morgan fingerprint density at radius 1 is 0.725 bits per heavy atom. The van der Waals surface area contributed by atoms with Gasteiger partial charge in [-0.25, -0.2) is 0 Å². The Balaban J connectivity index is 0.000000139. The summed E-state index contributed by atoms with van der Waals surface area (Å²) in [5.74, 6) is 0.362. The minimum atomic E-state index is -0.659. The molecule has 40 heavy (non-hydrogen) atoms. The number of rotatable bonds is 1. The predicted octanol–water partition coefficient (Wildman–Crippen LogP) is 6.26. The maximum Gasteiger partial charge on any atom is 0.137 e. The van der Waals surface area contributed by atoms with Crippen molar-refractivity contribution in [2.45, 2.75) is 68.9 Å². The lowest BCUT2D eigenvalue weighted by Crippen LogP contribution is -2.51. The van der Waals surface area contributed by atoms with E-state index in [4.69, 9.17) is 22.5 Å². The number of halogens is 3. The lowest BCUT2D eigenvalue weighted by atomic mass is 9.79. The van der Waals surface area contributed by atoms with Gasteiger partial charge in [-0.2, -0.15) is 5.26 Å². The molecule has 210 valence electrons. The molecular formula is C32H35Br3N4O. The molecule has 0 spiro atoms. The van der Waals surface area contributed by atoms with Gasteiger partial charge in [0.05, 0.1) is 6.07 Å². The Kier molecular flexibility index (Phi) is 10.4. The van der Waals surface area contributed by atoms with Crippen molar-refractivity contribution < 1.29 is 4.79 Å². The van der Waals surface area contributed by atoms with Crippen LogP contribution < -0.4 is 17.2 Å². The summed E-state index contributed by atoms with van der Waals surface area (Å²) in [6.45, 7) is 0.568. The van der Waals surface area contributed by atoms with Gasteiger partial charge in [-0.3, -0.25) is 4.79 Å². The van der Waals surface area contributed by atoms with Crippen LogP contribution in [0.3, 0.4) is 0 Å². The first kappa shape index (κ1) is 31.1. The topological polar surface area (TPSA) is 119 Å². The summed E-state index contributed by atoms with van der Waals surface area (Å²) in [6, 6.07) is 20.6. The number of benzene rings is 3. The molecule has 0 saturated carbocycles. The Bertz CT molecular complexity index is 1440. The second-order valence-electron chi connectivity index (χ2n) is 11.0. The molecule has 0 bridgehead atoms. The number of Topliss-reactive ketones (excluding diaryl/α,β-unsaturated/α-hetero) is 1. The molecule has 5 nitrogen and oxygen atoms in total. The second kappa shape index (κ2) is 13.4. The first-order valence-electron chi connectivity index (χ1n) is 13.6. The first-order chi connectivity index (χ1) is 19.1. The smallest absolute Gasteiger partial charge is 0.137 e. The number of ketones is 1. The molecule has 0 heterocycles. The maximum absolute atomic E-state index is 11.1. The number of nitrogens with zero attached hydrogens (tertiary/aromatic N) is 1. The van der Waals surface area contributed by atoms with Crippen LogP contribution >= 0.6 is 47.8 Å². The quantitative estimate of drug-likeness (QED) is 0.273. The molecule has 3 aliphatic carbocycles. The van der Waals surface area contributed by atoms with Crippen molar-refractivity contribution in [3.63, 3.8) is 0 Å². The van der Waals surface area contributed by atoms with Gasteiger partial charge in [0.25, 0.3) is 0 Å². The van der Waals surface area contributed by atoms with E-state index in [1.807, 2.05) is 30.3 Å². The number of nitriles is 1. The first-order valence-corrected chi connectivity index (χ1v) is 15.9. The number of fused-ring (bicyclic) bond motifs is 3. The lowest BCUT2D eigenvalue weighted by Gasteiger charge is -2.34. The zero-order valence-corrected chi connectivity index (χ0v) is 27.2. The Hall–Kier alpha value is -1.86. The SMILES string of the molecule is N#CC1(N)CCc2c(Br)cccc2C1.NCC1(N)CCc2c(Br)cccc2C1.O=C1CCc2c(Br)cccc2C1. The summed E-state index contributed by atoms with van der Waals surface area (Å²) in [4.78, 5) is 11.1. The summed E-state index contributed by atoms with van der Waals surface area (Å²) in [5, 5.41) is 8.96. The average Bonchev–Trinajstić information content (AvgIpc) is 2.94. The van der Waals surface area contributed by atoms with Gasteiger partial charge in [0.15, 0.2) is 0 Å². The van der Waals surface area contributed by atoms with Crippen LogP contribution in [0.1, 0.15) is 52.6 Å². The molecule has 0 saturated heterocycles. The molecule has 8 heteroatoms. The lowest BCUT2D eigenvalue weighted by molar-refractivity contribution is -0.118. The van der Waals surface area contributed by atoms with E-state index in [1.54, 1.807) is 0 Å². The highest BCUT2D eigenvalue weighted by molar-refractivity contribution is 9.11. The van der Waals surface area contributed by atoms with Gasteiger partial charge in [-0.1, -0.05) is 84.2 Å². The molecule has 0 aliphatic heterocycles. The summed E-state index contributed by atoms with van der Waals surface area (Å²) < 4.78 is 3.48. The van der Waals surface area contributed by atoms with Gasteiger partial charge >= 0.3 is 0 Å². The predicted molar refractivity (Wildman–Crippen MR) is 172 cm³/mol. The van der Waals surface area contributed by atoms with Gasteiger partial charge in [-0.15, -0.1) is 0 Å². The van der Waals surface area contributed by atoms with Crippen LogP contribution in [0, 0.1) is 11.3 Å². The number of carbonyl (C=O) groups is 1. The number of hydrogen-bond acceptors (Lipinski definition) is 5. The zero-order valence-electron chi connectivity index (χ0n) is 22.5. The van der Waals surface area contributed by atoms with Crippen LogP contribution in [0.2, 0.25) is 0 Å². The number of nitrogens with two attached hydrogens (primary N) is 3. The Morgan fingerprint density at radius 2 is 1.23 bits per heavy atom. The standard InChI is InChI=1S/C11H15BrN2.C11H11BrN2.C10H9BrO/c2*12-10-3-1-2-8-6-11(14,7-13)5-4-9(8)10;11-10-3-1-2-7-6-8(12)4-5-9(7)10/h1-3H,4-7,13-14H2;1-3H,4-6,14H2;1-3H,4-6H2. The Labute approximate surface area is 262 Å². The van der Waals surface area contributed by atoms with E-state index in [0.29, 0.717) is 31.6 Å². The van der Waals surface area contributed by atoms with Crippen LogP contribution in [-0.4, -0.2) is 23.4 Å². The zero-order chi connectivity index (χ0) is 28.9. The summed E-state index contributed by atoms with van der Waals surface area (Å²) in [5.41, 5.74) is 24.8. The molecule has 3 aromatic carbocycles. The van der Waals surface area contributed by atoms with Gasteiger partial charge in [-0.05, 0) is 90.1 Å². The molecule has 2 unspecified atom stereocenters. The van der Waals surface area contributed by atoms with Crippen molar-refractivity contribution in [2.75, 3.05) is 6.54 Å². The second-order valence-corrected chi connectivity index (χ2v) is 13.6. The van der Waals surface area contributed by atoms with Gasteiger partial charge in [0.2, 0.25) is 0 Å². The van der Waals surface area contributed by atoms with E-state index in [-0.39, 0.29) is 5.54 Å². The molecule has 3 aliphatic rings. The molecule has 3 aromatic rings. The fourth-order valence-electron chi connectivity index (χ4n) is 5.60. The van der Waals surface area contributed by atoms with Gasteiger partial charge in [0.1, 0.15) is 11.3 Å². The van der Waals surface area contributed by atoms with Gasteiger partial charge < -0.3 is 17.2 Å². The molecular weight excluding hydrogens is 696 g/mol. The van der Waals surface area contributed by atoms with Crippen LogP contribution in [0.5, 0.6) is 0 Å². The maximum atomic E-state index is 11.1. The third kappa shape index (κ3) is 7.50. The Morgan fingerprint density at radius 3 is 1.77 bits per heavy atom. The minimum absolute atomic E-state index is 0.187. The van der Waals surface area contributed by atoms with Crippen LogP contribution in [0.4, 0.5) is 0 Å². The fraction of sp³-hybridized carbons (Fsp3) is 0.375. The van der Waals surface area contributed by atoms with Crippen molar-refractivity contribution in [3.8, 4) is 6.07 Å². The van der Waals surface area contributed by atoms with E-state index in [9.17, 15) is 4.79 Å². The van der Waals surface area contributed by atoms with Crippen molar-refractivity contribution in [3.05, 3.63) is 101 Å². The molecule has 0 radical (unpaired) electrons. The fourth-order valence-corrected chi connectivity index (χ4v) is 7.42. The highest BCUT2D eigenvalue weighted by Gasteiger charge is 2.31. The largest absolute Gasteiger partial charge is 0.329 e. The van der Waals surface area contributed by atoms with Crippen LogP contribution in [0.25, 0.3) is 0 Å². The summed E-state index contributed by atoms with van der Waals surface area (Å²) in [6.07, 6.45) is 7.44. The average molecular weight is 731 g/mol. The number of hydrogen-bond donors (Lipinski definition) is 3. The minimum Gasteiger partial charge on any atom is -0.329 e. The molecule has 0 aromatic heterocycles. The normalized spacial score (nSPS) is 22.7. The summed E-state index contributed by atoms with van der Waals surface area (Å²) >= 11 is 10.6. The molecule has 0 fully saturated rings. The van der Waals surface area contributed by atoms with E-state index in [2.05, 4.69) is 78.1 Å². The van der Waals surface area contributed by atoms with E-state index in [1.165, 1.54) is 37.9 Å². The van der Waals surface area contributed by atoms with E-state index in [0.717, 1.165) is 47.5 Å². The van der Waals surface area contributed by atoms with E-state index < -0.39 is 5.54 Å². The molecule has 0 amide bonds. The van der Waals surface area contributed by atoms with Crippen molar-refractivity contribution in [1.82, 2.24) is 0 Å². The third-order valence-electron chi connectivity index (χ3n) is 8.06. The van der Waals surface area contributed by atoms with E-state index >= 15 is 0 Å². The van der Waals surface area contributed by atoms with Crippen molar-refractivity contribution >= 4 is 53.6 Å². The molecule has 6 rings (SSSR count). The highest BCUT2D eigenvalue weighted by Crippen LogP contribution is 2.32.